The Morgan fingerprint density at radius 1 is 1.00 bits per heavy atom. The lowest BCUT2D eigenvalue weighted by molar-refractivity contribution is -1.01. The lowest BCUT2D eigenvalue weighted by atomic mass is 10.3. The Morgan fingerprint density at radius 2 is 1.47 bits per heavy atom. The van der Waals surface area contributed by atoms with E-state index >= 15 is 0 Å². The molecule has 10 nitrogen and oxygen atoms in total. The van der Waals surface area contributed by atoms with Crippen LogP contribution in [-0.4, -0.2) is 20.7 Å². The summed E-state index contributed by atoms with van der Waals surface area (Å²) in [5.41, 5.74) is 0. The molecule has 12 heteroatoms. The van der Waals surface area contributed by atoms with E-state index in [4.69, 9.17) is 23.2 Å². The monoisotopic (exact) mass is 311 g/mol. The Hall–Kier alpha value is -2.20. The average molecular weight is 312 g/mol. The van der Waals surface area contributed by atoms with Crippen LogP contribution in [0.15, 0.2) is 18.2 Å². The van der Waals surface area contributed by atoms with Gasteiger partial charge in [-0.1, -0.05) is 29.3 Å². The van der Waals surface area contributed by atoms with Crippen molar-refractivity contribution in [3.05, 3.63) is 58.6 Å². The van der Waals surface area contributed by atoms with Gasteiger partial charge in [-0.2, -0.15) is 0 Å². The normalized spacial score (nSPS) is 10.8. The molecule has 0 aromatic heterocycles. The smallest absolute Gasteiger partial charge is 0.305 e. The summed E-state index contributed by atoms with van der Waals surface area (Å²) in [6, 6.07) is 3.44. The predicted molar refractivity (Wildman–Crippen MR) is 60.8 cm³/mol. The molecule has 0 amide bonds. The molecule has 0 saturated carbocycles. The fourth-order valence-corrected chi connectivity index (χ4v) is 1.35. The standard InChI is InChI=1S/C7H3Cl2N3O7/c8-4-2-1-3-5(6(4)9)19-7(10(13)14,11(15)16)12(17)18/h1-3H. The van der Waals surface area contributed by atoms with Crippen LogP contribution in [0.4, 0.5) is 0 Å². The topological polar surface area (TPSA) is 139 Å². The first kappa shape index (κ1) is 14.9. The van der Waals surface area contributed by atoms with Gasteiger partial charge in [-0.25, -0.2) is 30.3 Å². The molecule has 0 aliphatic heterocycles. The van der Waals surface area contributed by atoms with Gasteiger partial charge in [0.15, 0.2) is 5.75 Å². The van der Waals surface area contributed by atoms with Gasteiger partial charge in [0.2, 0.25) is 14.8 Å². The van der Waals surface area contributed by atoms with Crippen LogP contribution in [0, 0.1) is 30.3 Å². The van der Waals surface area contributed by atoms with Crippen molar-refractivity contribution in [3.63, 3.8) is 0 Å². The minimum atomic E-state index is -4.09. The molecular weight excluding hydrogens is 309 g/mol. The minimum Gasteiger partial charge on any atom is -0.305 e. The third-order valence-electron chi connectivity index (χ3n) is 1.88. The van der Waals surface area contributed by atoms with Gasteiger partial charge in [0, 0.05) is 0 Å². The SMILES string of the molecule is O=[N+]([O-])C(Oc1cccc(Cl)c1Cl)([N+](=O)[O-])[N+](=O)[O-]. The molecule has 0 aliphatic carbocycles. The van der Waals surface area contributed by atoms with Crippen LogP contribution in [0.3, 0.4) is 0 Å². The zero-order valence-corrected chi connectivity index (χ0v) is 10.2. The van der Waals surface area contributed by atoms with Crippen molar-refractivity contribution >= 4 is 23.2 Å². The summed E-state index contributed by atoms with van der Waals surface area (Å²) in [6.07, 6.45) is 0. The fraction of sp³-hybridized carbons (Fsp3) is 0.143. The van der Waals surface area contributed by atoms with Gasteiger partial charge >= 0.3 is 5.97 Å². The van der Waals surface area contributed by atoms with Gasteiger partial charge in [0.1, 0.15) is 5.02 Å². The highest BCUT2D eigenvalue weighted by Crippen LogP contribution is 2.34. The molecule has 1 rings (SSSR count). The second-order valence-electron chi connectivity index (χ2n) is 3.00. The summed E-state index contributed by atoms with van der Waals surface area (Å²) in [7, 11) is 0. The molecule has 0 heterocycles. The molecular formula is C7H3Cl2N3O7. The third-order valence-corrected chi connectivity index (χ3v) is 2.68. The number of benzene rings is 1. The number of hydrogen-bond acceptors (Lipinski definition) is 7. The Morgan fingerprint density at radius 3 is 1.89 bits per heavy atom. The maximum atomic E-state index is 10.6. The van der Waals surface area contributed by atoms with Crippen molar-refractivity contribution in [3.8, 4) is 5.75 Å². The average Bonchev–Trinajstić information content (AvgIpc) is 2.29. The molecule has 102 valence electrons. The van der Waals surface area contributed by atoms with E-state index in [1.54, 1.807) is 0 Å². The highest BCUT2D eigenvalue weighted by Gasteiger charge is 2.76. The lowest BCUT2D eigenvalue weighted by Crippen LogP contribution is -2.58. The Kier molecular flexibility index (Phi) is 4.07. The number of halogens is 2. The summed E-state index contributed by atoms with van der Waals surface area (Å²) < 4.78 is 4.28. The molecule has 0 saturated heterocycles. The third kappa shape index (κ3) is 2.48. The van der Waals surface area contributed by atoms with E-state index in [9.17, 15) is 30.3 Å². The molecule has 0 bridgehead atoms. The lowest BCUT2D eigenvalue weighted by Gasteiger charge is -2.10. The van der Waals surface area contributed by atoms with Crippen LogP contribution >= 0.6 is 23.2 Å². The first-order valence-electron chi connectivity index (χ1n) is 4.30. The summed E-state index contributed by atoms with van der Waals surface area (Å²) in [4.78, 5) is 26.5. The predicted octanol–water partition coefficient (Wildman–Crippen LogP) is 1.81. The molecule has 0 aliphatic rings. The summed E-state index contributed by atoms with van der Waals surface area (Å²) in [5.74, 6) is -4.74. The summed E-state index contributed by atoms with van der Waals surface area (Å²) in [6.45, 7) is 0. The maximum absolute atomic E-state index is 10.6. The quantitative estimate of drug-likeness (QED) is 0.459. The first-order valence-corrected chi connectivity index (χ1v) is 5.05. The van der Waals surface area contributed by atoms with Gasteiger partial charge in [-0.15, -0.1) is 0 Å². The first-order chi connectivity index (χ1) is 8.73. The number of ether oxygens (including phenoxy) is 1. The number of nitrogens with zero attached hydrogens (tertiary/aromatic N) is 3. The molecule has 0 fully saturated rings. The van der Waals surface area contributed by atoms with E-state index in [1.807, 2.05) is 0 Å². The number of nitro groups is 3. The Labute approximate surface area is 113 Å². The van der Waals surface area contributed by atoms with E-state index in [1.165, 1.54) is 12.1 Å². The van der Waals surface area contributed by atoms with Crippen molar-refractivity contribution in [2.24, 2.45) is 0 Å². The van der Waals surface area contributed by atoms with Gasteiger partial charge in [-0.05, 0) is 12.1 Å². The van der Waals surface area contributed by atoms with Crippen LogP contribution < -0.4 is 4.74 Å². The second-order valence-corrected chi connectivity index (χ2v) is 3.78. The van der Waals surface area contributed by atoms with Gasteiger partial charge in [0.05, 0.1) is 5.02 Å². The maximum Gasteiger partial charge on any atom is 0.890 e. The largest absolute Gasteiger partial charge is 0.890 e. The van der Waals surface area contributed by atoms with Crippen molar-refractivity contribution < 1.29 is 19.5 Å². The van der Waals surface area contributed by atoms with E-state index in [0.29, 0.717) is 0 Å². The van der Waals surface area contributed by atoms with Crippen molar-refractivity contribution in [2.45, 2.75) is 5.97 Å². The molecule has 19 heavy (non-hydrogen) atoms. The van der Waals surface area contributed by atoms with Crippen LogP contribution in [0.25, 0.3) is 0 Å². The number of rotatable bonds is 5. The van der Waals surface area contributed by atoms with Gasteiger partial charge < -0.3 is 4.74 Å². The molecule has 0 atom stereocenters. The van der Waals surface area contributed by atoms with E-state index in [2.05, 4.69) is 4.74 Å². The van der Waals surface area contributed by atoms with E-state index in [-0.39, 0.29) is 5.02 Å². The summed E-state index contributed by atoms with van der Waals surface area (Å²) >= 11 is 11.1. The van der Waals surface area contributed by atoms with E-state index in [0.717, 1.165) is 6.07 Å². The highest BCUT2D eigenvalue weighted by molar-refractivity contribution is 6.42. The van der Waals surface area contributed by atoms with E-state index < -0.39 is 31.5 Å². The molecule has 0 spiro atoms. The Bertz CT molecular complexity index is 528. The molecule has 1 aromatic rings. The Balaban J connectivity index is 3.37. The van der Waals surface area contributed by atoms with Gasteiger partial charge in [-0.3, -0.25) is 0 Å². The fourth-order valence-electron chi connectivity index (χ4n) is 1.02. The molecule has 0 N–H and O–H groups in total. The zero-order chi connectivity index (χ0) is 14.8. The molecule has 0 radical (unpaired) electrons. The highest BCUT2D eigenvalue weighted by atomic mass is 35.5. The van der Waals surface area contributed by atoms with Crippen molar-refractivity contribution in [1.29, 1.82) is 0 Å². The zero-order valence-electron chi connectivity index (χ0n) is 8.69. The van der Waals surface area contributed by atoms with Crippen molar-refractivity contribution in [1.82, 2.24) is 0 Å². The molecule has 0 unspecified atom stereocenters. The minimum absolute atomic E-state index is 0.136. The second kappa shape index (κ2) is 5.20. The van der Waals surface area contributed by atoms with Crippen LogP contribution in [0.2, 0.25) is 10.0 Å². The number of hydrogen-bond donors (Lipinski definition) is 0. The van der Waals surface area contributed by atoms with Crippen molar-refractivity contribution in [2.75, 3.05) is 0 Å². The molecule has 1 aromatic carbocycles. The summed E-state index contributed by atoms with van der Waals surface area (Å²) in [5, 5.41) is 31.3. The van der Waals surface area contributed by atoms with Crippen LogP contribution in [0.1, 0.15) is 0 Å². The van der Waals surface area contributed by atoms with Crippen LogP contribution in [-0.2, 0) is 0 Å². The van der Waals surface area contributed by atoms with Crippen LogP contribution in [0.5, 0.6) is 5.75 Å². The van der Waals surface area contributed by atoms with Gasteiger partial charge in [0.25, 0.3) is 0 Å².